The Hall–Kier alpha value is -1.73. The molecule has 0 aliphatic heterocycles. The molecule has 0 spiro atoms. The zero-order valence-corrected chi connectivity index (χ0v) is 13.8. The van der Waals surface area contributed by atoms with Gasteiger partial charge in [0, 0.05) is 12.6 Å². The van der Waals surface area contributed by atoms with Crippen LogP contribution in [0.1, 0.15) is 17.0 Å². The Labute approximate surface area is 135 Å². The average molecular weight is 374 g/mol. The first-order valence-corrected chi connectivity index (χ1v) is 7.19. The summed E-state index contributed by atoms with van der Waals surface area (Å²) >= 11 is 9.61. The molecule has 0 saturated heterocycles. The molecule has 6 nitrogen and oxygen atoms in total. The van der Waals surface area contributed by atoms with Crippen LogP contribution in [0.5, 0.6) is 5.75 Å². The maximum absolute atomic E-state index is 8.64. The Kier molecular flexibility index (Phi) is 4.74. The van der Waals surface area contributed by atoms with Crippen molar-refractivity contribution < 1.29 is 9.94 Å². The van der Waals surface area contributed by atoms with Gasteiger partial charge in [-0.2, -0.15) is 5.10 Å². The molecule has 0 aliphatic carbocycles. The lowest BCUT2D eigenvalue weighted by molar-refractivity contribution is 0.294. The molecular formula is C13H14BrClN4O2. The Morgan fingerprint density at radius 1 is 1.57 bits per heavy atom. The van der Waals surface area contributed by atoms with Gasteiger partial charge < -0.3 is 15.7 Å². The highest BCUT2D eigenvalue weighted by atomic mass is 79.9. The lowest BCUT2D eigenvalue weighted by Crippen LogP contribution is -2.13. The first-order chi connectivity index (χ1) is 9.93. The van der Waals surface area contributed by atoms with Gasteiger partial charge in [0.15, 0.2) is 5.84 Å². The van der Waals surface area contributed by atoms with Crippen LogP contribution in [0.3, 0.4) is 0 Å². The molecule has 2 aromatic rings. The van der Waals surface area contributed by atoms with E-state index in [1.54, 1.807) is 22.9 Å². The third-order valence-corrected chi connectivity index (χ3v) is 4.29. The van der Waals surface area contributed by atoms with Crippen molar-refractivity contribution in [2.75, 3.05) is 0 Å². The third-order valence-electron chi connectivity index (χ3n) is 2.96. The summed E-state index contributed by atoms with van der Waals surface area (Å²) in [6.07, 6.45) is 0. The highest BCUT2D eigenvalue weighted by molar-refractivity contribution is 9.10. The average Bonchev–Trinajstić information content (AvgIpc) is 2.70. The number of aryl methyl sites for hydroxylation is 2. The van der Waals surface area contributed by atoms with Crippen LogP contribution in [0.2, 0.25) is 5.02 Å². The van der Waals surface area contributed by atoms with Gasteiger partial charge in [-0.3, -0.25) is 4.68 Å². The maximum atomic E-state index is 8.64. The minimum Gasteiger partial charge on any atom is -0.486 e. The highest BCUT2D eigenvalue weighted by Gasteiger charge is 2.12. The molecule has 0 fully saturated rings. The standard InChI is InChI=1S/C13H14BrClN4O2/c1-7-12(14)10(19(2)17-7)6-21-11-4-3-8(5-9(11)15)13(16)18-20/h3-5,20H,6H2,1-2H3,(H2,16,18). The third kappa shape index (κ3) is 3.30. The summed E-state index contributed by atoms with van der Waals surface area (Å²) < 4.78 is 8.36. The monoisotopic (exact) mass is 372 g/mol. The van der Waals surface area contributed by atoms with E-state index in [-0.39, 0.29) is 5.84 Å². The number of halogens is 2. The van der Waals surface area contributed by atoms with E-state index < -0.39 is 0 Å². The van der Waals surface area contributed by atoms with Crippen LogP contribution in [0.4, 0.5) is 0 Å². The summed E-state index contributed by atoms with van der Waals surface area (Å²) in [6, 6.07) is 4.92. The predicted octanol–water partition coefficient (Wildman–Crippen LogP) is 2.82. The summed E-state index contributed by atoms with van der Waals surface area (Å²) in [4.78, 5) is 0. The lowest BCUT2D eigenvalue weighted by atomic mass is 10.2. The van der Waals surface area contributed by atoms with Gasteiger partial charge in [-0.1, -0.05) is 16.8 Å². The molecule has 0 bridgehead atoms. The number of hydrogen-bond acceptors (Lipinski definition) is 4. The predicted molar refractivity (Wildman–Crippen MR) is 83.9 cm³/mol. The number of ether oxygens (including phenoxy) is 1. The summed E-state index contributed by atoms with van der Waals surface area (Å²) in [6.45, 7) is 2.23. The van der Waals surface area contributed by atoms with Crippen molar-refractivity contribution in [1.29, 1.82) is 0 Å². The van der Waals surface area contributed by atoms with Gasteiger partial charge in [-0.25, -0.2) is 0 Å². The summed E-state index contributed by atoms with van der Waals surface area (Å²) in [5.41, 5.74) is 7.82. The number of amidine groups is 1. The molecule has 21 heavy (non-hydrogen) atoms. The Morgan fingerprint density at radius 2 is 2.29 bits per heavy atom. The first-order valence-electron chi connectivity index (χ1n) is 6.02. The summed E-state index contributed by atoms with van der Waals surface area (Å²) in [5, 5.41) is 16.2. The molecule has 1 aromatic heterocycles. The van der Waals surface area contributed by atoms with Crippen LogP contribution in [0, 0.1) is 6.92 Å². The second-order valence-corrected chi connectivity index (χ2v) is 5.59. The van der Waals surface area contributed by atoms with Crippen molar-refractivity contribution in [2.24, 2.45) is 17.9 Å². The van der Waals surface area contributed by atoms with Gasteiger partial charge in [-0.15, -0.1) is 0 Å². The quantitative estimate of drug-likeness (QED) is 0.373. The van der Waals surface area contributed by atoms with Gasteiger partial charge >= 0.3 is 0 Å². The number of benzene rings is 1. The van der Waals surface area contributed by atoms with Crippen LogP contribution in [-0.2, 0) is 13.7 Å². The van der Waals surface area contributed by atoms with E-state index in [9.17, 15) is 0 Å². The topological polar surface area (TPSA) is 85.7 Å². The first kappa shape index (κ1) is 15.7. The largest absolute Gasteiger partial charge is 0.486 e. The molecule has 1 heterocycles. The number of nitrogens with two attached hydrogens (primary N) is 1. The van der Waals surface area contributed by atoms with E-state index in [4.69, 9.17) is 27.3 Å². The van der Waals surface area contributed by atoms with Crippen molar-refractivity contribution in [3.05, 3.63) is 44.6 Å². The van der Waals surface area contributed by atoms with Crippen LogP contribution in [0.15, 0.2) is 27.8 Å². The van der Waals surface area contributed by atoms with Crippen molar-refractivity contribution in [3.8, 4) is 5.75 Å². The van der Waals surface area contributed by atoms with E-state index in [0.717, 1.165) is 15.9 Å². The van der Waals surface area contributed by atoms with Crippen LogP contribution in [0.25, 0.3) is 0 Å². The highest BCUT2D eigenvalue weighted by Crippen LogP contribution is 2.28. The Balaban J connectivity index is 2.17. The van der Waals surface area contributed by atoms with Gasteiger partial charge in [0.2, 0.25) is 0 Å². The molecule has 0 radical (unpaired) electrons. The second-order valence-electron chi connectivity index (χ2n) is 4.39. The van der Waals surface area contributed by atoms with Crippen LogP contribution in [-0.4, -0.2) is 20.8 Å². The van der Waals surface area contributed by atoms with Gasteiger partial charge in [0.05, 0.1) is 20.9 Å². The molecule has 1 aromatic carbocycles. The van der Waals surface area contributed by atoms with Crippen molar-refractivity contribution >= 4 is 33.4 Å². The normalized spacial score (nSPS) is 11.7. The smallest absolute Gasteiger partial charge is 0.170 e. The number of nitrogens with zero attached hydrogens (tertiary/aromatic N) is 3. The SMILES string of the molecule is Cc1nn(C)c(COc2ccc(C(N)=NO)cc2Cl)c1Br. The van der Waals surface area contributed by atoms with Crippen molar-refractivity contribution in [1.82, 2.24) is 9.78 Å². The minimum atomic E-state index is -0.00606. The van der Waals surface area contributed by atoms with E-state index >= 15 is 0 Å². The zero-order chi connectivity index (χ0) is 15.6. The molecule has 0 aliphatic rings. The van der Waals surface area contributed by atoms with Gasteiger partial charge in [0.25, 0.3) is 0 Å². The number of oxime groups is 1. The number of hydrogen-bond donors (Lipinski definition) is 2. The molecule has 0 amide bonds. The fourth-order valence-electron chi connectivity index (χ4n) is 1.82. The summed E-state index contributed by atoms with van der Waals surface area (Å²) in [7, 11) is 1.85. The van der Waals surface area contributed by atoms with Gasteiger partial charge in [-0.05, 0) is 41.1 Å². The minimum absolute atomic E-state index is 0.00606. The lowest BCUT2D eigenvalue weighted by Gasteiger charge is -2.10. The molecule has 8 heteroatoms. The number of rotatable bonds is 4. The summed E-state index contributed by atoms with van der Waals surface area (Å²) in [5.74, 6) is 0.505. The fourth-order valence-corrected chi connectivity index (χ4v) is 2.50. The Morgan fingerprint density at radius 3 is 2.81 bits per heavy atom. The zero-order valence-electron chi connectivity index (χ0n) is 11.5. The molecule has 0 saturated carbocycles. The van der Waals surface area contributed by atoms with Gasteiger partial charge in [0.1, 0.15) is 12.4 Å². The van der Waals surface area contributed by atoms with E-state index in [1.165, 1.54) is 0 Å². The van der Waals surface area contributed by atoms with E-state index in [0.29, 0.717) is 22.9 Å². The van der Waals surface area contributed by atoms with Crippen LogP contribution < -0.4 is 10.5 Å². The van der Waals surface area contributed by atoms with Crippen LogP contribution >= 0.6 is 27.5 Å². The molecule has 0 unspecified atom stereocenters. The Bertz CT molecular complexity index is 700. The van der Waals surface area contributed by atoms with Crippen molar-refractivity contribution in [3.63, 3.8) is 0 Å². The molecule has 2 rings (SSSR count). The van der Waals surface area contributed by atoms with E-state index in [1.807, 2.05) is 14.0 Å². The molecule has 112 valence electrons. The molecule has 3 N–H and O–H groups in total. The molecular weight excluding hydrogens is 360 g/mol. The van der Waals surface area contributed by atoms with Crippen molar-refractivity contribution in [2.45, 2.75) is 13.5 Å². The van der Waals surface area contributed by atoms with E-state index in [2.05, 4.69) is 26.2 Å². The maximum Gasteiger partial charge on any atom is 0.170 e. The number of aromatic nitrogens is 2. The molecule has 0 atom stereocenters. The fraction of sp³-hybridized carbons (Fsp3) is 0.231. The second kappa shape index (κ2) is 6.36.